The van der Waals surface area contributed by atoms with Crippen LogP contribution in [0.2, 0.25) is 0 Å². The van der Waals surface area contributed by atoms with E-state index in [1.165, 1.54) is 4.90 Å². The molecule has 1 aliphatic heterocycles. The molecule has 0 aromatic heterocycles. The van der Waals surface area contributed by atoms with E-state index in [4.69, 9.17) is 14.2 Å². The number of para-hydroxylation sites is 1. The molecule has 1 aliphatic rings. The molecule has 0 unspecified atom stereocenters. The smallest absolute Gasteiger partial charge is 0.417 e. The Kier molecular flexibility index (Phi) is 5.38. The van der Waals surface area contributed by atoms with Crippen molar-refractivity contribution in [3.05, 3.63) is 30.3 Å². The number of rotatable bonds is 5. The number of nitrogens with zero attached hydrogens (tertiary/aromatic N) is 1. The normalized spacial score (nSPS) is 20.7. The van der Waals surface area contributed by atoms with Gasteiger partial charge in [-0.15, -0.1) is 0 Å². The van der Waals surface area contributed by atoms with Crippen molar-refractivity contribution < 1.29 is 23.8 Å². The Labute approximate surface area is 129 Å². The van der Waals surface area contributed by atoms with Crippen LogP contribution in [-0.2, 0) is 14.3 Å². The lowest BCUT2D eigenvalue weighted by Crippen LogP contribution is -2.56. The Hall–Kier alpha value is -2.08. The molecule has 120 valence electrons. The molecule has 22 heavy (non-hydrogen) atoms. The summed E-state index contributed by atoms with van der Waals surface area (Å²) in [6.45, 7) is 4.42. The van der Waals surface area contributed by atoms with Crippen LogP contribution in [0.5, 0.6) is 5.75 Å². The van der Waals surface area contributed by atoms with Crippen LogP contribution in [0.3, 0.4) is 0 Å². The van der Waals surface area contributed by atoms with Gasteiger partial charge in [0.25, 0.3) is 0 Å². The first kappa shape index (κ1) is 16.3. The fourth-order valence-corrected chi connectivity index (χ4v) is 2.58. The van der Waals surface area contributed by atoms with E-state index in [9.17, 15) is 9.59 Å². The highest BCUT2D eigenvalue weighted by molar-refractivity contribution is 5.85. The number of amides is 1. The average Bonchev–Trinajstić information content (AvgIpc) is 2.94. The molecule has 1 atom stereocenters. The van der Waals surface area contributed by atoms with Crippen molar-refractivity contribution in [2.75, 3.05) is 19.8 Å². The average molecular weight is 307 g/mol. The fraction of sp³-hybridized carbons (Fsp3) is 0.500. The molecule has 1 heterocycles. The lowest BCUT2D eigenvalue weighted by molar-refractivity contribution is -0.190. The van der Waals surface area contributed by atoms with Gasteiger partial charge in [0.1, 0.15) is 5.75 Å². The van der Waals surface area contributed by atoms with Crippen molar-refractivity contribution in [1.29, 1.82) is 0 Å². The maximum Gasteiger partial charge on any atom is 0.417 e. The van der Waals surface area contributed by atoms with Crippen LogP contribution in [-0.4, -0.2) is 42.4 Å². The Morgan fingerprint density at radius 2 is 1.91 bits per heavy atom. The second-order valence-corrected chi connectivity index (χ2v) is 4.87. The molecule has 1 aromatic carbocycles. The highest BCUT2D eigenvalue weighted by Gasteiger charge is 2.53. The van der Waals surface area contributed by atoms with Gasteiger partial charge in [0.05, 0.1) is 6.61 Å². The Bertz CT molecular complexity index is 519. The second kappa shape index (κ2) is 7.26. The minimum Gasteiger partial charge on any atom is -0.462 e. The Morgan fingerprint density at radius 3 is 2.55 bits per heavy atom. The fourth-order valence-electron chi connectivity index (χ4n) is 2.58. The van der Waals surface area contributed by atoms with Crippen molar-refractivity contribution in [2.24, 2.45) is 0 Å². The number of ether oxygens (including phenoxy) is 3. The van der Waals surface area contributed by atoms with E-state index in [1.54, 1.807) is 38.1 Å². The van der Waals surface area contributed by atoms with Gasteiger partial charge < -0.3 is 14.2 Å². The van der Waals surface area contributed by atoms with Crippen molar-refractivity contribution in [2.45, 2.75) is 32.4 Å². The highest BCUT2D eigenvalue weighted by atomic mass is 16.6. The Balaban J connectivity index is 2.19. The van der Waals surface area contributed by atoms with Crippen LogP contribution in [0, 0.1) is 0 Å². The molecule has 1 amide bonds. The molecule has 1 aromatic rings. The van der Waals surface area contributed by atoms with Crippen LogP contribution >= 0.6 is 0 Å². The van der Waals surface area contributed by atoms with Gasteiger partial charge in [-0.25, -0.2) is 9.59 Å². The molecule has 0 bridgehead atoms. The lowest BCUT2D eigenvalue weighted by Gasteiger charge is -2.34. The molecule has 0 radical (unpaired) electrons. The van der Waals surface area contributed by atoms with Crippen molar-refractivity contribution >= 4 is 12.1 Å². The molecule has 1 fully saturated rings. The molecule has 0 spiro atoms. The van der Waals surface area contributed by atoms with E-state index >= 15 is 0 Å². The van der Waals surface area contributed by atoms with E-state index in [2.05, 4.69) is 0 Å². The van der Waals surface area contributed by atoms with Gasteiger partial charge >= 0.3 is 12.1 Å². The number of hydrogen-bond donors (Lipinski definition) is 0. The summed E-state index contributed by atoms with van der Waals surface area (Å²) in [7, 11) is 0. The first-order chi connectivity index (χ1) is 10.6. The first-order valence-electron chi connectivity index (χ1n) is 7.49. The minimum atomic E-state index is -1.38. The summed E-state index contributed by atoms with van der Waals surface area (Å²) >= 11 is 0. The maximum absolute atomic E-state index is 12.4. The van der Waals surface area contributed by atoms with Crippen molar-refractivity contribution in [3.63, 3.8) is 0 Å². The molecule has 6 heteroatoms. The third-order valence-corrected chi connectivity index (χ3v) is 3.48. The molecule has 1 saturated heterocycles. The summed E-state index contributed by atoms with van der Waals surface area (Å²) < 4.78 is 16.1. The molecular weight excluding hydrogens is 286 g/mol. The SMILES string of the molecule is CCOC(=O)[C@]1(OCC)CCCN1C(=O)Oc1ccccc1. The van der Waals surface area contributed by atoms with Gasteiger partial charge in [0.2, 0.25) is 5.72 Å². The van der Waals surface area contributed by atoms with Crippen LogP contribution in [0.4, 0.5) is 4.79 Å². The van der Waals surface area contributed by atoms with E-state index in [0.717, 1.165) is 0 Å². The molecule has 0 aliphatic carbocycles. The lowest BCUT2D eigenvalue weighted by atomic mass is 10.1. The standard InChI is InChI=1S/C16H21NO5/c1-3-20-14(18)16(21-4-2)11-8-12-17(16)15(19)22-13-9-6-5-7-10-13/h5-7,9-10H,3-4,8,11-12H2,1-2H3/t16-/m1/s1. The monoisotopic (exact) mass is 307 g/mol. The zero-order valence-electron chi connectivity index (χ0n) is 12.9. The van der Waals surface area contributed by atoms with E-state index in [0.29, 0.717) is 31.7 Å². The summed E-state index contributed by atoms with van der Waals surface area (Å²) in [4.78, 5) is 26.1. The number of benzene rings is 1. The predicted octanol–water partition coefficient (Wildman–Crippen LogP) is 2.58. The van der Waals surface area contributed by atoms with E-state index in [1.807, 2.05) is 6.07 Å². The predicted molar refractivity (Wildman–Crippen MR) is 79.4 cm³/mol. The van der Waals surface area contributed by atoms with Crippen LogP contribution in [0.15, 0.2) is 30.3 Å². The summed E-state index contributed by atoms with van der Waals surface area (Å²) in [5.74, 6) is -0.118. The molecule has 0 saturated carbocycles. The molecule has 0 N–H and O–H groups in total. The second-order valence-electron chi connectivity index (χ2n) is 4.87. The summed E-state index contributed by atoms with van der Waals surface area (Å²) in [6, 6.07) is 8.74. The first-order valence-corrected chi connectivity index (χ1v) is 7.49. The maximum atomic E-state index is 12.4. The van der Waals surface area contributed by atoms with Gasteiger partial charge in [-0.05, 0) is 32.4 Å². The summed E-state index contributed by atoms with van der Waals surface area (Å²) in [5, 5.41) is 0. The molecule has 6 nitrogen and oxygen atoms in total. The van der Waals surface area contributed by atoms with Crippen LogP contribution in [0.1, 0.15) is 26.7 Å². The summed E-state index contributed by atoms with van der Waals surface area (Å²) in [6.07, 6.45) is 0.455. The van der Waals surface area contributed by atoms with Crippen molar-refractivity contribution in [3.8, 4) is 5.75 Å². The van der Waals surface area contributed by atoms with Crippen LogP contribution in [0.25, 0.3) is 0 Å². The third kappa shape index (κ3) is 3.22. The van der Waals surface area contributed by atoms with Gasteiger partial charge in [-0.2, -0.15) is 0 Å². The molecule has 2 rings (SSSR count). The minimum absolute atomic E-state index is 0.231. The zero-order valence-corrected chi connectivity index (χ0v) is 12.9. The van der Waals surface area contributed by atoms with Crippen LogP contribution < -0.4 is 4.74 Å². The van der Waals surface area contributed by atoms with Gasteiger partial charge in [0, 0.05) is 19.6 Å². The number of carbonyl (C=O) groups excluding carboxylic acids is 2. The zero-order chi connectivity index (χ0) is 16.0. The van der Waals surface area contributed by atoms with E-state index in [-0.39, 0.29) is 6.61 Å². The molecular formula is C16H21NO5. The quantitative estimate of drug-likeness (QED) is 0.782. The van der Waals surface area contributed by atoms with Gasteiger partial charge in [-0.3, -0.25) is 4.90 Å². The largest absolute Gasteiger partial charge is 0.462 e. The number of likely N-dealkylation sites (tertiary alicyclic amines) is 1. The van der Waals surface area contributed by atoms with Gasteiger partial charge in [-0.1, -0.05) is 18.2 Å². The topological polar surface area (TPSA) is 65.1 Å². The van der Waals surface area contributed by atoms with Gasteiger partial charge in [0.15, 0.2) is 0 Å². The number of hydrogen-bond acceptors (Lipinski definition) is 5. The third-order valence-electron chi connectivity index (χ3n) is 3.48. The summed E-state index contributed by atoms with van der Waals surface area (Å²) in [5.41, 5.74) is -1.38. The Morgan fingerprint density at radius 1 is 1.18 bits per heavy atom. The van der Waals surface area contributed by atoms with Crippen molar-refractivity contribution in [1.82, 2.24) is 4.90 Å². The highest BCUT2D eigenvalue weighted by Crippen LogP contribution is 2.33. The number of carbonyl (C=O) groups is 2. The van der Waals surface area contributed by atoms with E-state index < -0.39 is 17.8 Å². The number of esters is 1.